The summed E-state index contributed by atoms with van der Waals surface area (Å²) >= 11 is 0. The fraction of sp³-hybridized carbons (Fsp3) is 0.500. The molecule has 1 saturated carbocycles. The Morgan fingerprint density at radius 3 is 2.83 bits per heavy atom. The molecule has 0 N–H and O–H groups in total. The predicted molar refractivity (Wildman–Crippen MR) is 86.3 cm³/mol. The van der Waals surface area contributed by atoms with Gasteiger partial charge >= 0.3 is 0 Å². The molecular formula is C18H21N3O3. The van der Waals surface area contributed by atoms with Crippen molar-refractivity contribution in [2.75, 3.05) is 19.7 Å². The Bertz CT molecular complexity index is 757. The summed E-state index contributed by atoms with van der Waals surface area (Å²) in [6.07, 6.45) is 0.616. The van der Waals surface area contributed by atoms with E-state index >= 15 is 0 Å². The average molecular weight is 327 g/mol. The molecule has 6 heteroatoms. The van der Waals surface area contributed by atoms with Crippen LogP contribution in [-0.2, 0) is 9.53 Å². The lowest BCUT2D eigenvalue weighted by Gasteiger charge is -2.31. The van der Waals surface area contributed by atoms with E-state index in [1.54, 1.807) is 6.92 Å². The maximum absolute atomic E-state index is 12.8. The first-order valence-corrected chi connectivity index (χ1v) is 8.39. The van der Waals surface area contributed by atoms with Gasteiger partial charge in [-0.3, -0.25) is 4.79 Å². The minimum atomic E-state index is -0.320. The number of aryl methyl sites for hydroxylation is 2. The van der Waals surface area contributed by atoms with E-state index in [0.29, 0.717) is 37.4 Å². The molecule has 1 aromatic carbocycles. The lowest BCUT2D eigenvalue weighted by molar-refractivity contribution is -0.141. The molecule has 2 fully saturated rings. The first-order chi connectivity index (χ1) is 11.6. The largest absolute Gasteiger partial charge is 0.423 e. The second kappa shape index (κ2) is 6.02. The molecule has 4 rings (SSSR count). The van der Waals surface area contributed by atoms with Crippen LogP contribution in [0.4, 0.5) is 0 Å². The zero-order valence-electron chi connectivity index (χ0n) is 13.9. The van der Waals surface area contributed by atoms with Gasteiger partial charge in [-0.25, -0.2) is 0 Å². The molecule has 1 aliphatic heterocycles. The molecule has 0 spiro atoms. The standard InChI is InChI=1S/C18H21N3O3/c1-11-5-3-4-6-13(11)14-9-15(14)18(22)21-7-8-23-16(10-21)17-20-19-12(2)24-17/h3-6,14-16H,7-10H2,1-2H3/t14-,15+,16-/m0/s1. The van der Waals surface area contributed by atoms with Crippen LogP contribution >= 0.6 is 0 Å². The topological polar surface area (TPSA) is 68.5 Å². The van der Waals surface area contributed by atoms with Crippen molar-refractivity contribution in [2.45, 2.75) is 32.3 Å². The molecule has 0 bridgehead atoms. The number of amides is 1. The molecule has 24 heavy (non-hydrogen) atoms. The Hall–Kier alpha value is -2.21. The highest BCUT2D eigenvalue weighted by Crippen LogP contribution is 2.49. The fourth-order valence-electron chi connectivity index (χ4n) is 3.49. The summed E-state index contributed by atoms with van der Waals surface area (Å²) in [4.78, 5) is 14.7. The highest BCUT2D eigenvalue weighted by Gasteiger charge is 2.47. The Balaban J connectivity index is 1.43. The minimum Gasteiger partial charge on any atom is -0.423 e. The smallest absolute Gasteiger partial charge is 0.246 e. The van der Waals surface area contributed by atoms with Gasteiger partial charge in [0.2, 0.25) is 17.7 Å². The van der Waals surface area contributed by atoms with Crippen LogP contribution in [0, 0.1) is 19.8 Å². The number of hydrogen-bond donors (Lipinski definition) is 0. The summed E-state index contributed by atoms with van der Waals surface area (Å²) in [5.41, 5.74) is 2.56. The molecule has 2 aliphatic rings. The number of aromatic nitrogens is 2. The lowest BCUT2D eigenvalue weighted by atomic mass is 10.0. The molecule has 1 aliphatic carbocycles. The number of nitrogens with zero attached hydrogens (tertiary/aromatic N) is 3. The maximum Gasteiger partial charge on any atom is 0.246 e. The van der Waals surface area contributed by atoms with E-state index in [9.17, 15) is 4.79 Å². The third kappa shape index (κ3) is 2.82. The van der Waals surface area contributed by atoms with Crippen LogP contribution in [0.15, 0.2) is 28.7 Å². The van der Waals surface area contributed by atoms with Gasteiger partial charge < -0.3 is 14.1 Å². The zero-order valence-corrected chi connectivity index (χ0v) is 13.9. The number of benzene rings is 1. The Kier molecular flexibility index (Phi) is 3.84. The molecule has 1 amide bonds. The van der Waals surface area contributed by atoms with Gasteiger partial charge in [0.1, 0.15) is 0 Å². The Morgan fingerprint density at radius 1 is 1.25 bits per heavy atom. The van der Waals surface area contributed by atoms with Crippen molar-refractivity contribution >= 4 is 5.91 Å². The van der Waals surface area contributed by atoms with Gasteiger partial charge in [0.15, 0.2) is 6.10 Å². The van der Waals surface area contributed by atoms with Crippen molar-refractivity contribution in [1.82, 2.24) is 15.1 Å². The molecule has 2 heterocycles. The minimum absolute atomic E-state index is 0.0919. The number of morpholine rings is 1. The van der Waals surface area contributed by atoms with Crippen LogP contribution in [0.2, 0.25) is 0 Å². The van der Waals surface area contributed by atoms with E-state index in [4.69, 9.17) is 9.15 Å². The van der Waals surface area contributed by atoms with Crippen molar-refractivity contribution in [1.29, 1.82) is 0 Å². The van der Waals surface area contributed by atoms with E-state index in [1.807, 2.05) is 17.0 Å². The second-order valence-electron chi connectivity index (χ2n) is 6.61. The van der Waals surface area contributed by atoms with Gasteiger partial charge in [-0.1, -0.05) is 24.3 Å². The van der Waals surface area contributed by atoms with E-state index < -0.39 is 0 Å². The third-order valence-electron chi connectivity index (χ3n) is 4.89. The van der Waals surface area contributed by atoms with Crippen LogP contribution in [0.3, 0.4) is 0 Å². The van der Waals surface area contributed by atoms with Crippen molar-refractivity contribution in [3.05, 3.63) is 47.2 Å². The Morgan fingerprint density at radius 2 is 2.08 bits per heavy atom. The van der Waals surface area contributed by atoms with E-state index in [1.165, 1.54) is 11.1 Å². The summed E-state index contributed by atoms with van der Waals surface area (Å²) in [5.74, 6) is 1.63. The predicted octanol–water partition coefficient (Wildman–Crippen LogP) is 2.39. The molecule has 6 nitrogen and oxygen atoms in total. The summed E-state index contributed by atoms with van der Waals surface area (Å²) in [5, 5.41) is 7.86. The van der Waals surface area contributed by atoms with Gasteiger partial charge in [0.05, 0.1) is 13.2 Å². The first-order valence-electron chi connectivity index (χ1n) is 8.39. The molecule has 126 valence electrons. The van der Waals surface area contributed by atoms with Crippen molar-refractivity contribution in [3.63, 3.8) is 0 Å². The van der Waals surface area contributed by atoms with Gasteiger partial charge in [-0.05, 0) is 30.4 Å². The molecular weight excluding hydrogens is 306 g/mol. The SMILES string of the molecule is Cc1nnc([C@@H]2CN(C(=O)[C@@H]3C[C@H]3c3ccccc3C)CCO2)o1. The molecule has 0 unspecified atom stereocenters. The normalized spacial score (nSPS) is 26.4. The fourth-order valence-corrected chi connectivity index (χ4v) is 3.49. The zero-order chi connectivity index (χ0) is 16.7. The van der Waals surface area contributed by atoms with Gasteiger partial charge in [-0.15, -0.1) is 10.2 Å². The van der Waals surface area contributed by atoms with E-state index in [-0.39, 0.29) is 17.9 Å². The number of carbonyl (C=O) groups excluding carboxylic acids is 1. The number of ether oxygens (including phenoxy) is 1. The number of hydrogen-bond acceptors (Lipinski definition) is 5. The summed E-state index contributed by atoms with van der Waals surface area (Å²) in [6, 6.07) is 8.33. The van der Waals surface area contributed by atoms with Crippen LogP contribution in [0.1, 0.15) is 41.4 Å². The average Bonchev–Trinajstić information content (AvgIpc) is 3.27. The van der Waals surface area contributed by atoms with E-state index in [0.717, 1.165) is 6.42 Å². The number of carbonyl (C=O) groups is 1. The van der Waals surface area contributed by atoms with E-state index in [2.05, 4.69) is 29.3 Å². The monoisotopic (exact) mass is 327 g/mol. The molecule has 3 atom stereocenters. The van der Waals surface area contributed by atoms with Gasteiger partial charge in [0, 0.05) is 19.4 Å². The van der Waals surface area contributed by atoms with Gasteiger partial charge in [0.25, 0.3) is 0 Å². The van der Waals surface area contributed by atoms with Crippen LogP contribution in [-0.4, -0.2) is 40.7 Å². The summed E-state index contributed by atoms with van der Waals surface area (Å²) in [6.45, 7) is 5.47. The Labute approximate surface area is 140 Å². The second-order valence-corrected chi connectivity index (χ2v) is 6.61. The summed E-state index contributed by atoms with van der Waals surface area (Å²) < 4.78 is 11.1. The van der Waals surface area contributed by atoms with Crippen molar-refractivity contribution in [3.8, 4) is 0 Å². The quantitative estimate of drug-likeness (QED) is 0.866. The van der Waals surface area contributed by atoms with Crippen LogP contribution in [0.25, 0.3) is 0 Å². The third-order valence-corrected chi connectivity index (χ3v) is 4.89. The molecule has 2 aromatic rings. The van der Waals surface area contributed by atoms with Crippen molar-refractivity contribution < 1.29 is 13.9 Å². The van der Waals surface area contributed by atoms with Crippen LogP contribution < -0.4 is 0 Å². The highest BCUT2D eigenvalue weighted by atomic mass is 16.5. The summed E-state index contributed by atoms with van der Waals surface area (Å²) in [7, 11) is 0. The molecule has 0 radical (unpaired) electrons. The lowest BCUT2D eigenvalue weighted by Crippen LogP contribution is -2.43. The maximum atomic E-state index is 12.8. The molecule has 1 aromatic heterocycles. The van der Waals surface area contributed by atoms with Gasteiger partial charge in [-0.2, -0.15) is 0 Å². The number of rotatable bonds is 3. The first kappa shape index (κ1) is 15.3. The van der Waals surface area contributed by atoms with Crippen molar-refractivity contribution in [2.24, 2.45) is 5.92 Å². The molecule has 1 saturated heterocycles. The van der Waals surface area contributed by atoms with Crippen LogP contribution in [0.5, 0.6) is 0 Å². The highest BCUT2D eigenvalue weighted by molar-refractivity contribution is 5.83.